The number of benzene rings is 1. The van der Waals surface area contributed by atoms with Gasteiger partial charge in [0.15, 0.2) is 0 Å². The number of fused-ring (bicyclic) bond motifs is 1. The van der Waals surface area contributed by atoms with Crippen LogP contribution in [0.1, 0.15) is 29.2 Å². The van der Waals surface area contributed by atoms with E-state index in [1.165, 1.54) is 0 Å². The van der Waals surface area contributed by atoms with Crippen molar-refractivity contribution in [3.05, 3.63) is 54.2 Å². The van der Waals surface area contributed by atoms with Gasteiger partial charge in [-0.15, -0.1) is 10.2 Å². The normalized spacial score (nSPS) is 20.5. The average molecular weight is 351 g/mol. The number of aromatic nitrogens is 4. The zero-order valence-electron chi connectivity index (χ0n) is 14.7. The molecule has 1 unspecified atom stereocenters. The predicted octanol–water partition coefficient (Wildman–Crippen LogP) is 1.57. The Morgan fingerprint density at radius 3 is 2.92 bits per heavy atom. The van der Waals surface area contributed by atoms with Crippen molar-refractivity contribution in [2.24, 2.45) is 7.05 Å². The maximum Gasteiger partial charge on any atom is 0.272 e. The molecule has 26 heavy (non-hydrogen) atoms. The third kappa shape index (κ3) is 3.17. The SMILES string of the molecule is Cn1cnnc1CC1(O)CCCN(C(=O)c2ccc3ccccc3n2)C1. The van der Waals surface area contributed by atoms with E-state index in [2.05, 4.69) is 15.2 Å². The van der Waals surface area contributed by atoms with Gasteiger partial charge in [-0.25, -0.2) is 4.98 Å². The van der Waals surface area contributed by atoms with Gasteiger partial charge in [-0.2, -0.15) is 0 Å². The third-order valence-electron chi connectivity index (χ3n) is 4.95. The van der Waals surface area contributed by atoms with Gasteiger partial charge >= 0.3 is 0 Å². The molecule has 1 N–H and O–H groups in total. The number of aliphatic hydroxyl groups is 1. The van der Waals surface area contributed by atoms with Crippen molar-refractivity contribution in [1.82, 2.24) is 24.6 Å². The van der Waals surface area contributed by atoms with E-state index in [0.29, 0.717) is 30.9 Å². The van der Waals surface area contributed by atoms with Crippen LogP contribution in [-0.2, 0) is 13.5 Å². The third-order valence-corrected chi connectivity index (χ3v) is 4.95. The van der Waals surface area contributed by atoms with Gasteiger partial charge in [0.2, 0.25) is 0 Å². The first kappa shape index (κ1) is 16.7. The molecule has 1 aliphatic heterocycles. The molecule has 7 heteroatoms. The number of nitrogens with zero attached hydrogens (tertiary/aromatic N) is 5. The highest BCUT2D eigenvalue weighted by molar-refractivity contribution is 5.95. The van der Waals surface area contributed by atoms with Crippen LogP contribution >= 0.6 is 0 Å². The molecule has 7 nitrogen and oxygen atoms in total. The van der Waals surface area contributed by atoms with Crippen molar-refractivity contribution in [3.63, 3.8) is 0 Å². The standard InChI is InChI=1S/C19H21N5O2/c1-23-13-20-22-17(23)11-19(26)9-4-10-24(12-19)18(25)16-8-7-14-5-2-3-6-15(14)21-16/h2-3,5-8,13,26H,4,9-12H2,1H3. The number of hydrogen-bond acceptors (Lipinski definition) is 5. The van der Waals surface area contributed by atoms with Gasteiger partial charge in [0, 0.05) is 25.4 Å². The summed E-state index contributed by atoms with van der Waals surface area (Å²) in [6, 6.07) is 11.4. The summed E-state index contributed by atoms with van der Waals surface area (Å²) in [5.74, 6) is 0.567. The lowest BCUT2D eigenvalue weighted by Gasteiger charge is -2.38. The number of amides is 1. The molecule has 1 fully saturated rings. The molecule has 1 amide bonds. The van der Waals surface area contributed by atoms with Gasteiger partial charge in [-0.05, 0) is 25.0 Å². The Bertz CT molecular complexity index is 954. The maximum absolute atomic E-state index is 12.9. The van der Waals surface area contributed by atoms with Crippen molar-refractivity contribution in [3.8, 4) is 0 Å². The van der Waals surface area contributed by atoms with E-state index in [1.54, 1.807) is 21.9 Å². The van der Waals surface area contributed by atoms with Crippen LogP contribution in [0.25, 0.3) is 10.9 Å². The zero-order valence-corrected chi connectivity index (χ0v) is 14.7. The number of piperidine rings is 1. The monoisotopic (exact) mass is 351 g/mol. The first-order valence-electron chi connectivity index (χ1n) is 8.74. The van der Waals surface area contributed by atoms with Crippen molar-refractivity contribution in [2.75, 3.05) is 13.1 Å². The summed E-state index contributed by atoms with van der Waals surface area (Å²) in [4.78, 5) is 19.1. The summed E-state index contributed by atoms with van der Waals surface area (Å²) in [6.07, 6.45) is 3.37. The number of aryl methyl sites for hydroxylation is 1. The molecular formula is C19H21N5O2. The summed E-state index contributed by atoms with van der Waals surface area (Å²) < 4.78 is 1.80. The molecule has 1 aromatic carbocycles. The highest BCUT2D eigenvalue weighted by atomic mass is 16.3. The average Bonchev–Trinajstić information content (AvgIpc) is 3.04. The van der Waals surface area contributed by atoms with E-state index < -0.39 is 5.60 Å². The minimum atomic E-state index is -0.994. The number of likely N-dealkylation sites (tertiary alicyclic amines) is 1. The minimum absolute atomic E-state index is 0.146. The first-order chi connectivity index (χ1) is 12.5. The van der Waals surface area contributed by atoms with Gasteiger partial charge in [0.05, 0.1) is 17.7 Å². The van der Waals surface area contributed by atoms with E-state index in [1.807, 2.05) is 37.4 Å². The lowest BCUT2D eigenvalue weighted by atomic mass is 9.89. The summed E-state index contributed by atoms with van der Waals surface area (Å²) in [7, 11) is 1.85. The Balaban J connectivity index is 1.54. The summed E-state index contributed by atoms with van der Waals surface area (Å²) in [6.45, 7) is 0.891. The molecule has 1 aliphatic rings. The molecule has 134 valence electrons. The Morgan fingerprint density at radius 1 is 1.27 bits per heavy atom. The Kier molecular flexibility index (Phi) is 4.16. The number of para-hydroxylation sites is 1. The van der Waals surface area contributed by atoms with Crippen LogP contribution in [0.4, 0.5) is 0 Å². The lowest BCUT2D eigenvalue weighted by molar-refractivity contribution is -0.0259. The topological polar surface area (TPSA) is 84.1 Å². The molecular weight excluding hydrogens is 330 g/mol. The van der Waals surface area contributed by atoms with Crippen LogP contribution in [0.2, 0.25) is 0 Å². The molecule has 0 bridgehead atoms. The zero-order chi connectivity index (χ0) is 18.1. The number of rotatable bonds is 3. The summed E-state index contributed by atoms with van der Waals surface area (Å²) >= 11 is 0. The molecule has 4 rings (SSSR count). The van der Waals surface area contributed by atoms with Crippen molar-refractivity contribution < 1.29 is 9.90 Å². The number of pyridine rings is 1. The molecule has 0 aliphatic carbocycles. The fourth-order valence-electron chi connectivity index (χ4n) is 3.54. The number of carbonyl (C=O) groups excluding carboxylic acids is 1. The molecule has 0 saturated carbocycles. The number of β-amino-alcohol motifs (C(OH)–C–C–N with tert-alkyl or cyclic N) is 1. The predicted molar refractivity (Wildman–Crippen MR) is 96.5 cm³/mol. The number of carbonyl (C=O) groups is 1. The van der Waals surface area contributed by atoms with E-state index in [-0.39, 0.29) is 12.5 Å². The molecule has 1 saturated heterocycles. The van der Waals surface area contributed by atoms with Crippen LogP contribution < -0.4 is 0 Å². The smallest absolute Gasteiger partial charge is 0.272 e. The van der Waals surface area contributed by atoms with Crippen molar-refractivity contribution in [1.29, 1.82) is 0 Å². The minimum Gasteiger partial charge on any atom is -0.388 e. The van der Waals surface area contributed by atoms with Gasteiger partial charge in [-0.3, -0.25) is 4.79 Å². The molecule has 0 radical (unpaired) electrons. The quantitative estimate of drug-likeness (QED) is 0.774. The van der Waals surface area contributed by atoms with Gasteiger partial charge in [0.25, 0.3) is 5.91 Å². The molecule has 3 heterocycles. The Hall–Kier alpha value is -2.80. The Morgan fingerprint density at radius 2 is 2.12 bits per heavy atom. The van der Waals surface area contributed by atoms with E-state index in [9.17, 15) is 9.90 Å². The van der Waals surface area contributed by atoms with E-state index in [4.69, 9.17) is 0 Å². The van der Waals surface area contributed by atoms with Crippen LogP contribution in [0.3, 0.4) is 0 Å². The second kappa shape index (κ2) is 6.49. The van der Waals surface area contributed by atoms with Crippen LogP contribution in [0, 0.1) is 0 Å². The van der Waals surface area contributed by atoms with E-state index >= 15 is 0 Å². The summed E-state index contributed by atoms with van der Waals surface area (Å²) in [5, 5.41) is 19.9. The van der Waals surface area contributed by atoms with E-state index in [0.717, 1.165) is 17.3 Å². The molecule has 1 atom stereocenters. The van der Waals surface area contributed by atoms with Gasteiger partial charge in [-0.1, -0.05) is 24.3 Å². The lowest BCUT2D eigenvalue weighted by Crippen LogP contribution is -2.51. The highest BCUT2D eigenvalue weighted by Gasteiger charge is 2.37. The molecule has 2 aromatic heterocycles. The maximum atomic E-state index is 12.9. The second-order valence-corrected chi connectivity index (χ2v) is 6.98. The van der Waals surface area contributed by atoms with Crippen molar-refractivity contribution >= 4 is 16.8 Å². The number of hydrogen-bond donors (Lipinski definition) is 1. The van der Waals surface area contributed by atoms with Crippen molar-refractivity contribution in [2.45, 2.75) is 24.9 Å². The molecule has 3 aromatic rings. The van der Waals surface area contributed by atoms with Gasteiger partial charge in [0.1, 0.15) is 17.8 Å². The second-order valence-electron chi connectivity index (χ2n) is 6.98. The highest BCUT2D eigenvalue weighted by Crippen LogP contribution is 2.26. The van der Waals surface area contributed by atoms with Crippen LogP contribution in [0.15, 0.2) is 42.7 Å². The summed E-state index contributed by atoms with van der Waals surface area (Å²) in [5.41, 5.74) is 0.210. The molecule has 0 spiro atoms. The first-order valence-corrected chi connectivity index (χ1v) is 8.74. The van der Waals surface area contributed by atoms with Crippen LogP contribution in [0.5, 0.6) is 0 Å². The fourth-order valence-corrected chi connectivity index (χ4v) is 3.54. The largest absolute Gasteiger partial charge is 0.388 e. The van der Waals surface area contributed by atoms with Gasteiger partial charge < -0.3 is 14.6 Å². The fraction of sp³-hybridized carbons (Fsp3) is 0.368. The van der Waals surface area contributed by atoms with Crippen LogP contribution in [-0.4, -0.2) is 54.4 Å². The Labute approximate surface area is 151 Å².